The molecule has 3 fully saturated rings. The monoisotopic (exact) mass is 388 g/mol. The van der Waals surface area contributed by atoms with E-state index in [0.29, 0.717) is 0 Å². The van der Waals surface area contributed by atoms with Crippen molar-refractivity contribution in [2.75, 3.05) is 6.16 Å². The number of hydrogen-bond acceptors (Lipinski definition) is 0. The van der Waals surface area contributed by atoms with Crippen LogP contribution in [0.5, 0.6) is 0 Å². The summed E-state index contributed by atoms with van der Waals surface area (Å²) in [6.07, 6.45) is 24.5. The molecule has 0 unspecified atom stereocenters. The second-order valence-electron chi connectivity index (χ2n) is 8.60. The van der Waals surface area contributed by atoms with Crippen molar-refractivity contribution >= 4 is 20.8 Å². The molecule has 0 radical (unpaired) electrons. The van der Waals surface area contributed by atoms with Crippen LogP contribution in [0.25, 0.3) is 0 Å². The van der Waals surface area contributed by atoms with Gasteiger partial charge in [-0.3, -0.25) is 0 Å². The van der Waals surface area contributed by atoms with Crippen molar-refractivity contribution in [1.29, 1.82) is 0 Å². The molecule has 0 aliphatic heterocycles. The quantitative estimate of drug-likeness (QED) is 0.429. The second kappa shape index (κ2) is 7.43. The molecular weight excluding hydrogens is 351 g/mol. The van der Waals surface area contributed by atoms with Gasteiger partial charge in [-0.15, -0.1) is 0 Å². The van der Waals surface area contributed by atoms with Crippen molar-refractivity contribution < 1.29 is 0 Å². The van der Waals surface area contributed by atoms with Gasteiger partial charge in [0, 0.05) is 0 Å². The van der Waals surface area contributed by atoms with Gasteiger partial charge in [0.25, 0.3) is 0 Å². The maximum atomic E-state index is 4.81. The van der Waals surface area contributed by atoms with Gasteiger partial charge in [-0.25, -0.2) is 0 Å². The topological polar surface area (TPSA) is 0 Å². The molecule has 3 aliphatic carbocycles. The third-order valence-corrected chi connectivity index (χ3v) is 22.4. The van der Waals surface area contributed by atoms with Gasteiger partial charge in [-0.2, -0.15) is 0 Å². The predicted octanol–water partition coefficient (Wildman–Crippen LogP) is 7.87. The normalized spacial score (nSPS) is 29.1. The van der Waals surface area contributed by atoms with Crippen LogP contribution in [0.1, 0.15) is 103 Å². The summed E-state index contributed by atoms with van der Waals surface area (Å²) in [7, 11) is 0. The first kappa shape index (κ1) is 17.7. The van der Waals surface area contributed by atoms with E-state index in [1.807, 2.05) is 0 Å². The van der Waals surface area contributed by atoms with Crippen molar-refractivity contribution in [3.8, 4) is 0 Å². The van der Waals surface area contributed by atoms with Crippen LogP contribution in [0.4, 0.5) is 0 Å². The number of halogens is 1. The molecule has 0 nitrogen and oxygen atoms in total. The summed E-state index contributed by atoms with van der Waals surface area (Å²) < 4.78 is 0. The molecule has 0 saturated heterocycles. The summed E-state index contributed by atoms with van der Waals surface area (Å²) >= 11 is 4.81. The Hall–Kier alpha value is 0.910. The van der Waals surface area contributed by atoms with Gasteiger partial charge >= 0.3 is 147 Å². The molecule has 0 aromatic carbocycles. The van der Waals surface area contributed by atoms with E-state index in [0.717, 1.165) is 17.0 Å². The molecule has 0 amide bonds. The molecule has 0 heterocycles. The van der Waals surface area contributed by atoms with E-state index >= 15 is 0 Å². The molecule has 0 atom stereocenters. The fourth-order valence-corrected chi connectivity index (χ4v) is 18.2. The van der Waals surface area contributed by atoms with Crippen LogP contribution in [0, 0.1) is 0 Å². The van der Waals surface area contributed by atoms with E-state index in [2.05, 4.69) is 6.92 Å². The van der Waals surface area contributed by atoms with Gasteiger partial charge < -0.3 is 0 Å². The van der Waals surface area contributed by atoms with E-state index in [1.165, 1.54) is 63.9 Å². The fourth-order valence-electron chi connectivity index (χ4n) is 6.65. The van der Waals surface area contributed by atoms with Gasteiger partial charge in [0.05, 0.1) is 0 Å². The SMILES string of the molecule is CCP(Br)(C1CCCCC1)(C1CCCCC1)C1CCCCC1. The Morgan fingerprint density at radius 1 is 0.591 bits per heavy atom. The summed E-state index contributed by atoms with van der Waals surface area (Å²) in [6.45, 7) is 2.59. The van der Waals surface area contributed by atoms with Crippen molar-refractivity contribution in [2.45, 2.75) is 120 Å². The first-order valence-corrected chi connectivity index (χ1v) is 15.1. The van der Waals surface area contributed by atoms with Crippen LogP contribution in [-0.2, 0) is 0 Å². The summed E-state index contributed by atoms with van der Waals surface area (Å²) in [5.41, 5.74) is 3.24. The van der Waals surface area contributed by atoms with Crippen LogP contribution >= 0.6 is 20.8 Å². The first-order chi connectivity index (χ1) is 10.7. The van der Waals surface area contributed by atoms with Crippen LogP contribution in [0.15, 0.2) is 0 Å². The molecule has 0 aromatic heterocycles. The van der Waals surface area contributed by atoms with Gasteiger partial charge in [-0.05, 0) is 0 Å². The second-order valence-corrected chi connectivity index (χ2v) is 19.4. The van der Waals surface area contributed by atoms with Crippen molar-refractivity contribution in [1.82, 2.24) is 0 Å². The Labute approximate surface area is 147 Å². The van der Waals surface area contributed by atoms with E-state index in [4.69, 9.17) is 15.5 Å². The van der Waals surface area contributed by atoms with Crippen molar-refractivity contribution in [3.05, 3.63) is 0 Å². The summed E-state index contributed by atoms with van der Waals surface area (Å²) in [4.78, 5) is 0. The van der Waals surface area contributed by atoms with Gasteiger partial charge in [-0.1, -0.05) is 0 Å². The summed E-state index contributed by atoms with van der Waals surface area (Å²) in [6, 6.07) is 0. The Morgan fingerprint density at radius 2 is 0.864 bits per heavy atom. The Morgan fingerprint density at radius 3 is 1.09 bits per heavy atom. The van der Waals surface area contributed by atoms with E-state index in [9.17, 15) is 0 Å². The average molecular weight is 389 g/mol. The van der Waals surface area contributed by atoms with Gasteiger partial charge in [0.1, 0.15) is 0 Å². The zero-order valence-corrected chi connectivity index (χ0v) is 17.4. The number of hydrogen-bond donors (Lipinski definition) is 0. The van der Waals surface area contributed by atoms with Crippen molar-refractivity contribution in [2.24, 2.45) is 0 Å². The summed E-state index contributed by atoms with van der Waals surface area (Å²) in [5, 5.41) is -1.76. The van der Waals surface area contributed by atoms with Gasteiger partial charge in [0.2, 0.25) is 0 Å². The average Bonchev–Trinajstić information content (AvgIpc) is 2.63. The van der Waals surface area contributed by atoms with Crippen LogP contribution < -0.4 is 0 Å². The molecule has 2 heteroatoms. The van der Waals surface area contributed by atoms with Gasteiger partial charge in [0.15, 0.2) is 0 Å². The minimum absolute atomic E-state index is 1.08. The molecule has 0 spiro atoms. The maximum absolute atomic E-state index is 4.81. The molecule has 3 rings (SSSR count). The molecule has 22 heavy (non-hydrogen) atoms. The van der Waals surface area contributed by atoms with Crippen LogP contribution in [-0.4, -0.2) is 23.1 Å². The molecule has 0 bridgehead atoms. The van der Waals surface area contributed by atoms with E-state index in [-0.39, 0.29) is 0 Å². The molecule has 0 aromatic rings. The zero-order valence-electron chi connectivity index (χ0n) is 14.9. The molecular formula is C20H38BrP. The number of rotatable bonds is 4. The zero-order chi connectivity index (χ0) is 15.5. The molecule has 0 N–H and O–H groups in total. The molecule has 3 saturated carbocycles. The predicted molar refractivity (Wildman–Crippen MR) is 107 cm³/mol. The Balaban J connectivity index is 1.96. The van der Waals surface area contributed by atoms with Crippen molar-refractivity contribution in [3.63, 3.8) is 0 Å². The third-order valence-electron chi connectivity index (χ3n) is 7.84. The van der Waals surface area contributed by atoms with E-state index in [1.54, 1.807) is 38.5 Å². The first-order valence-electron chi connectivity index (χ1n) is 10.4. The van der Waals surface area contributed by atoms with Crippen LogP contribution in [0.2, 0.25) is 0 Å². The minimum atomic E-state index is -1.76. The van der Waals surface area contributed by atoms with E-state index < -0.39 is 5.31 Å². The Bertz CT molecular complexity index is 300. The summed E-state index contributed by atoms with van der Waals surface area (Å²) in [5.74, 6) is 0. The van der Waals surface area contributed by atoms with Crippen LogP contribution in [0.3, 0.4) is 0 Å². The molecule has 3 aliphatic rings. The Kier molecular flexibility index (Phi) is 5.98. The third kappa shape index (κ3) is 2.96. The standard InChI is InChI=1S/C20H38BrP/c1-2-22(21,18-12-6-3-7-13-18,19-14-8-4-9-15-19)20-16-10-5-11-17-20/h18-20H,2-17H2,1H3. The molecule has 130 valence electrons. The fraction of sp³-hybridized carbons (Fsp3) is 1.00.